The Morgan fingerprint density at radius 2 is 1.63 bits per heavy atom. The van der Waals surface area contributed by atoms with Gasteiger partial charge in [-0.3, -0.25) is 9.59 Å². The summed E-state index contributed by atoms with van der Waals surface area (Å²) < 4.78 is 15.6. The molecular weight excluding hydrogens is 388 g/mol. The van der Waals surface area contributed by atoms with Crippen LogP contribution in [-0.4, -0.2) is 38.1 Å². The van der Waals surface area contributed by atoms with Crippen molar-refractivity contribution >= 4 is 29.5 Å². The Morgan fingerprint density at radius 1 is 0.967 bits per heavy atom. The van der Waals surface area contributed by atoms with Gasteiger partial charge in [-0.2, -0.15) is 0 Å². The number of ether oxygens (including phenoxy) is 3. The van der Waals surface area contributed by atoms with E-state index in [9.17, 15) is 14.4 Å². The van der Waals surface area contributed by atoms with Crippen LogP contribution in [0.25, 0.3) is 6.08 Å². The van der Waals surface area contributed by atoms with E-state index < -0.39 is 23.9 Å². The van der Waals surface area contributed by atoms with E-state index in [2.05, 4.69) is 10.6 Å². The highest BCUT2D eigenvalue weighted by atomic mass is 16.5. The lowest BCUT2D eigenvalue weighted by atomic mass is 10.2. The maximum atomic E-state index is 12.5. The zero-order chi connectivity index (χ0) is 22.1. The van der Waals surface area contributed by atoms with Gasteiger partial charge in [0.05, 0.1) is 14.2 Å². The molecule has 0 heterocycles. The average Bonchev–Trinajstić information content (AvgIpc) is 2.73. The average molecular weight is 412 g/mol. The van der Waals surface area contributed by atoms with Gasteiger partial charge in [0.25, 0.3) is 5.91 Å². The highest BCUT2D eigenvalue weighted by molar-refractivity contribution is 6.00. The molecule has 2 aromatic rings. The Hall–Kier alpha value is -3.81. The Kier molecular flexibility index (Phi) is 7.99. The van der Waals surface area contributed by atoms with Crippen LogP contribution < -0.4 is 20.1 Å². The molecule has 0 aromatic heterocycles. The van der Waals surface area contributed by atoms with Crippen LogP contribution in [0.4, 0.5) is 5.69 Å². The number of rotatable bonds is 8. The van der Waals surface area contributed by atoms with E-state index in [1.807, 2.05) is 6.07 Å². The number of nitrogens with one attached hydrogen (secondary N) is 2. The van der Waals surface area contributed by atoms with Gasteiger partial charge in [0.1, 0.15) is 5.70 Å². The van der Waals surface area contributed by atoms with Crippen LogP contribution in [0, 0.1) is 0 Å². The number of esters is 1. The van der Waals surface area contributed by atoms with E-state index in [4.69, 9.17) is 14.2 Å². The second-order valence-electron chi connectivity index (χ2n) is 6.26. The minimum atomic E-state index is -1.11. The first-order chi connectivity index (χ1) is 14.3. The quantitative estimate of drug-likeness (QED) is 0.511. The van der Waals surface area contributed by atoms with Crippen molar-refractivity contribution in [3.05, 3.63) is 59.8 Å². The zero-order valence-electron chi connectivity index (χ0n) is 17.2. The third kappa shape index (κ3) is 6.37. The molecule has 0 saturated carbocycles. The van der Waals surface area contributed by atoms with Crippen LogP contribution in [0.5, 0.6) is 11.5 Å². The molecule has 2 aromatic carbocycles. The van der Waals surface area contributed by atoms with Crippen LogP contribution in [0.15, 0.2) is 54.2 Å². The number of methoxy groups -OCH3 is 2. The first-order valence-corrected chi connectivity index (χ1v) is 9.12. The van der Waals surface area contributed by atoms with Crippen molar-refractivity contribution in [2.45, 2.75) is 20.0 Å². The molecule has 0 aliphatic carbocycles. The van der Waals surface area contributed by atoms with Crippen molar-refractivity contribution < 1.29 is 28.6 Å². The topological polar surface area (TPSA) is 103 Å². The zero-order valence-corrected chi connectivity index (χ0v) is 17.2. The summed E-state index contributed by atoms with van der Waals surface area (Å²) >= 11 is 0. The molecule has 0 aliphatic rings. The molecule has 1 atom stereocenters. The summed E-state index contributed by atoms with van der Waals surface area (Å²) in [6.07, 6.45) is 0.362. The van der Waals surface area contributed by atoms with Gasteiger partial charge in [-0.1, -0.05) is 30.3 Å². The fourth-order valence-electron chi connectivity index (χ4n) is 2.49. The van der Waals surface area contributed by atoms with Gasteiger partial charge >= 0.3 is 5.97 Å². The van der Waals surface area contributed by atoms with Crippen molar-refractivity contribution in [3.63, 3.8) is 0 Å². The van der Waals surface area contributed by atoms with Gasteiger partial charge in [-0.05, 0) is 30.7 Å². The summed E-state index contributed by atoms with van der Waals surface area (Å²) in [5.74, 6) is -0.849. The highest BCUT2D eigenvalue weighted by Crippen LogP contribution is 2.29. The molecule has 30 heavy (non-hydrogen) atoms. The predicted octanol–water partition coefficient (Wildman–Crippen LogP) is 2.75. The summed E-state index contributed by atoms with van der Waals surface area (Å²) in [4.78, 5) is 36.4. The molecule has 0 bridgehead atoms. The molecule has 0 radical (unpaired) electrons. The van der Waals surface area contributed by atoms with Gasteiger partial charge in [-0.15, -0.1) is 0 Å². The minimum Gasteiger partial charge on any atom is -0.493 e. The Morgan fingerprint density at radius 3 is 2.23 bits per heavy atom. The standard InChI is InChI=1S/C22H24N2O6/c1-14(21(26)24-17-10-11-19(28-3)20(13-17)29-4)30-22(27)18(23-15(2)25)12-16-8-6-5-7-9-16/h5-14H,1-4H3,(H,23,25)(H,24,26)/b18-12-/t14-/m1/s1. The predicted molar refractivity (Wildman–Crippen MR) is 112 cm³/mol. The van der Waals surface area contributed by atoms with E-state index in [-0.39, 0.29) is 5.70 Å². The fourth-order valence-corrected chi connectivity index (χ4v) is 2.49. The maximum absolute atomic E-state index is 12.5. The SMILES string of the molecule is COc1ccc(NC(=O)[C@@H](C)OC(=O)/C(=C/c2ccccc2)NC(C)=O)cc1OC. The molecule has 2 amide bonds. The third-order valence-electron chi connectivity index (χ3n) is 3.95. The van der Waals surface area contributed by atoms with Crippen molar-refractivity contribution in [1.29, 1.82) is 0 Å². The smallest absolute Gasteiger partial charge is 0.355 e. The molecule has 0 saturated heterocycles. The molecular formula is C22H24N2O6. The van der Waals surface area contributed by atoms with Gasteiger partial charge < -0.3 is 24.8 Å². The normalized spacial score (nSPS) is 11.8. The highest BCUT2D eigenvalue weighted by Gasteiger charge is 2.22. The first-order valence-electron chi connectivity index (χ1n) is 9.12. The van der Waals surface area contributed by atoms with E-state index in [0.29, 0.717) is 22.7 Å². The molecule has 2 rings (SSSR count). The molecule has 0 unspecified atom stereocenters. The Balaban J connectivity index is 2.09. The molecule has 2 N–H and O–H groups in total. The van der Waals surface area contributed by atoms with Gasteiger partial charge in [0, 0.05) is 18.7 Å². The van der Waals surface area contributed by atoms with E-state index >= 15 is 0 Å². The largest absolute Gasteiger partial charge is 0.493 e. The summed E-state index contributed by atoms with van der Waals surface area (Å²) in [6.45, 7) is 2.71. The Bertz CT molecular complexity index is 940. The fraction of sp³-hybridized carbons (Fsp3) is 0.227. The first kappa shape index (κ1) is 22.5. The van der Waals surface area contributed by atoms with Gasteiger partial charge in [-0.25, -0.2) is 4.79 Å². The number of carbonyl (C=O) groups is 3. The summed E-state index contributed by atoms with van der Waals surface area (Å²) in [5.41, 5.74) is 1.07. The third-order valence-corrected chi connectivity index (χ3v) is 3.95. The van der Waals surface area contributed by atoms with Crippen molar-refractivity contribution in [1.82, 2.24) is 5.32 Å². The van der Waals surface area contributed by atoms with Gasteiger partial charge in [0.2, 0.25) is 5.91 Å². The van der Waals surface area contributed by atoms with Crippen LogP contribution in [-0.2, 0) is 19.1 Å². The van der Waals surface area contributed by atoms with Gasteiger partial charge in [0.15, 0.2) is 17.6 Å². The summed E-state index contributed by atoms with van der Waals surface area (Å²) in [6, 6.07) is 13.8. The van der Waals surface area contributed by atoms with E-state index in [0.717, 1.165) is 0 Å². The number of anilines is 1. The monoisotopic (exact) mass is 412 g/mol. The van der Waals surface area contributed by atoms with Crippen LogP contribution >= 0.6 is 0 Å². The van der Waals surface area contributed by atoms with Crippen molar-refractivity contribution in [2.24, 2.45) is 0 Å². The minimum absolute atomic E-state index is 0.0699. The summed E-state index contributed by atoms with van der Waals surface area (Å²) in [5, 5.41) is 5.08. The van der Waals surface area contributed by atoms with E-state index in [1.165, 1.54) is 34.1 Å². The lowest BCUT2D eigenvalue weighted by Gasteiger charge is -2.16. The molecule has 0 aliphatic heterocycles. The van der Waals surface area contributed by atoms with Crippen molar-refractivity contribution in [2.75, 3.05) is 19.5 Å². The molecule has 158 valence electrons. The second-order valence-corrected chi connectivity index (χ2v) is 6.26. The van der Waals surface area contributed by atoms with Crippen molar-refractivity contribution in [3.8, 4) is 11.5 Å². The van der Waals surface area contributed by atoms with E-state index in [1.54, 1.807) is 42.5 Å². The van der Waals surface area contributed by atoms with Crippen LogP contribution in [0.2, 0.25) is 0 Å². The molecule has 0 fully saturated rings. The number of hydrogen-bond acceptors (Lipinski definition) is 6. The number of carbonyl (C=O) groups excluding carboxylic acids is 3. The number of hydrogen-bond donors (Lipinski definition) is 2. The molecule has 0 spiro atoms. The number of amides is 2. The number of benzene rings is 2. The maximum Gasteiger partial charge on any atom is 0.355 e. The van der Waals surface area contributed by atoms with Crippen LogP contribution in [0.3, 0.4) is 0 Å². The summed E-state index contributed by atoms with van der Waals surface area (Å²) in [7, 11) is 2.99. The molecule has 8 heteroatoms. The lowest BCUT2D eigenvalue weighted by Crippen LogP contribution is -2.33. The molecule has 8 nitrogen and oxygen atoms in total. The van der Waals surface area contributed by atoms with Crippen LogP contribution in [0.1, 0.15) is 19.4 Å². The Labute approximate surface area is 174 Å². The lowest BCUT2D eigenvalue weighted by molar-refractivity contribution is -0.149. The second kappa shape index (κ2) is 10.7.